The van der Waals surface area contributed by atoms with Gasteiger partial charge in [-0.3, -0.25) is 4.79 Å². The lowest BCUT2D eigenvalue weighted by molar-refractivity contribution is -0.127. The van der Waals surface area contributed by atoms with Crippen LogP contribution in [0.1, 0.15) is 38.8 Å². The second-order valence-electron chi connectivity index (χ2n) is 5.50. The van der Waals surface area contributed by atoms with Crippen LogP contribution in [-0.2, 0) is 4.79 Å². The summed E-state index contributed by atoms with van der Waals surface area (Å²) < 4.78 is 0. The Hall–Kier alpha value is -0.710. The molecule has 2 N–H and O–H groups in total. The van der Waals surface area contributed by atoms with Crippen molar-refractivity contribution >= 4 is 29.3 Å². The van der Waals surface area contributed by atoms with Gasteiger partial charge in [0.25, 0.3) is 0 Å². The fraction of sp³-hybridized carbons (Fsp3) is 0.533. The number of nitrogens with one attached hydrogen (secondary N) is 2. The quantitative estimate of drug-likeness (QED) is 0.895. The Bertz CT molecular complexity index is 505. The van der Waals surface area contributed by atoms with Crippen molar-refractivity contribution in [2.75, 3.05) is 12.3 Å². The number of likely N-dealkylation sites (N-methyl/N-ethyl adjacent to an activating group) is 1. The second-order valence-corrected chi connectivity index (χ2v) is 7.07. The SMILES string of the molecule is CCNC(C)(C)C(=O)NC1CCSc2ccc(Cl)cc21. The number of fused-ring (bicyclic) bond motifs is 1. The van der Waals surface area contributed by atoms with Crippen LogP contribution in [0.3, 0.4) is 0 Å². The number of amides is 1. The Morgan fingerprint density at radius 2 is 2.25 bits per heavy atom. The molecule has 1 aliphatic heterocycles. The van der Waals surface area contributed by atoms with Crippen molar-refractivity contribution in [2.45, 2.75) is 43.7 Å². The average molecular weight is 313 g/mol. The van der Waals surface area contributed by atoms with Gasteiger partial charge in [-0.25, -0.2) is 0 Å². The molecule has 1 heterocycles. The van der Waals surface area contributed by atoms with Crippen LogP contribution in [0.15, 0.2) is 23.1 Å². The molecule has 2 rings (SSSR count). The summed E-state index contributed by atoms with van der Waals surface area (Å²) in [4.78, 5) is 13.6. The summed E-state index contributed by atoms with van der Waals surface area (Å²) in [6.07, 6.45) is 0.936. The van der Waals surface area contributed by atoms with Crippen LogP contribution >= 0.6 is 23.4 Å². The number of benzene rings is 1. The maximum Gasteiger partial charge on any atom is 0.240 e. The van der Waals surface area contributed by atoms with E-state index in [9.17, 15) is 4.79 Å². The van der Waals surface area contributed by atoms with Crippen molar-refractivity contribution in [3.8, 4) is 0 Å². The van der Waals surface area contributed by atoms with E-state index < -0.39 is 5.54 Å². The minimum absolute atomic E-state index is 0.0298. The Balaban J connectivity index is 2.16. The molecular weight excluding hydrogens is 292 g/mol. The zero-order valence-corrected chi connectivity index (χ0v) is 13.7. The highest BCUT2D eigenvalue weighted by atomic mass is 35.5. The Labute approximate surface area is 129 Å². The minimum Gasteiger partial charge on any atom is -0.348 e. The predicted octanol–water partition coefficient (Wildman–Crippen LogP) is 3.38. The highest BCUT2D eigenvalue weighted by Crippen LogP contribution is 2.37. The summed E-state index contributed by atoms with van der Waals surface area (Å²) in [5, 5.41) is 7.08. The molecule has 1 aromatic rings. The van der Waals surface area contributed by atoms with Gasteiger partial charge in [0.2, 0.25) is 5.91 Å². The minimum atomic E-state index is -0.557. The van der Waals surface area contributed by atoms with Gasteiger partial charge in [0.05, 0.1) is 11.6 Å². The van der Waals surface area contributed by atoms with E-state index in [0.717, 1.165) is 29.3 Å². The molecule has 5 heteroatoms. The maximum atomic E-state index is 12.4. The van der Waals surface area contributed by atoms with E-state index >= 15 is 0 Å². The fourth-order valence-electron chi connectivity index (χ4n) is 2.38. The summed E-state index contributed by atoms with van der Waals surface area (Å²) in [5.74, 6) is 1.04. The Kier molecular flexibility index (Phi) is 4.99. The zero-order chi connectivity index (χ0) is 14.8. The standard InChI is InChI=1S/C15H21ClN2OS/c1-4-17-15(2,3)14(19)18-12-7-8-20-13-6-5-10(16)9-11(12)13/h5-6,9,12,17H,4,7-8H2,1-3H3,(H,18,19). The number of thioether (sulfide) groups is 1. The molecule has 1 unspecified atom stereocenters. The van der Waals surface area contributed by atoms with Gasteiger partial charge >= 0.3 is 0 Å². The molecule has 20 heavy (non-hydrogen) atoms. The van der Waals surface area contributed by atoms with E-state index in [1.165, 1.54) is 4.90 Å². The van der Waals surface area contributed by atoms with Crippen molar-refractivity contribution in [1.29, 1.82) is 0 Å². The lowest BCUT2D eigenvalue weighted by Crippen LogP contribution is -2.53. The first kappa shape index (κ1) is 15.7. The summed E-state index contributed by atoms with van der Waals surface area (Å²) in [6, 6.07) is 5.96. The maximum absolute atomic E-state index is 12.4. The molecule has 0 bridgehead atoms. The predicted molar refractivity (Wildman–Crippen MR) is 85.4 cm³/mol. The summed E-state index contributed by atoms with van der Waals surface area (Å²) in [5.41, 5.74) is 0.576. The van der Waals surface area contributed by atoms with Crippen molar-refractivity contribution in [2.24, 2.45) is 0 Å². The number of carbonyl (C=O) groups is 1. The number of hydrogen-bond acceptors (Lipinski definition) is 3. The van der Waals surface area contributed by atoms with E-state index in [2.05, 4.69) is 10.6 Å². The van der Waals surface area contributed by atoms with Gasteiger partial charge in [-0.2, -0.15) is 0 Å². The number of hydrogen-bond donors (Lipinski definition) is 2. The Morgan fingerprint density at radius 3 is 2.95 bits per heavy atom. The molecule has 0 fully saturated rings. The average Bonchev–Trinajstić information content (AvgIpc) is 2.39. The van der Waals surface area contributed by atoms with Gasteiger partial charge in [-0.1, -0.05) is 18.5 Å². The number of rotatable bonds is 4. The number of carbonyl (C=O) groups excluding carboxylic acids is 1. The first-order chi connectivity index (χ1) is 9.44. The topological polar surface area (TPSA) is 41.1 Å². The third-order valence-electron chi connectivity index (χ3n) is 3.50. The molecule has 3 nitrogen and oxygen atoms in total. The highest BCUT2D eigenvalue weighted by molar-refractivity contribution is 7.99. The van der Waals surface area contributed by atoms with Gasteiger partial charge in [0.1, 0.15) is 0 Å². The van der Waals surface area contributed by atoms with Crippen LogP contribution in [0.25, 0.3) is 0 Å². The van der Waals surface area contributed by atoms with Crippen LogP contribution < -0.4 is 10.6 Å². The van der Waals surface area contributed by atoms with Gasteiger partial charge in [-0.15, -0.1) is 11.8 Å². The molecule has 1 aromatic carbocycles. The zero-order valence-electron chi connectivity index (χ0n) is 12.1. The van der Waals surface area contributed by atoms with E-state index in [1.807, 2.05) is 50.7 Å². The molecule has 0 saturated heterocycles. The van der Waals surface area contributed by atoms with Crippen LogP contribution in [0, 0.1) is 0 Å². The molecule has 0 radical (unpaired) electrons. The molecule has 0 aliphatic carbocycles. The third-order valence-corrected chi connectivity index (χ3v) is 4.86. The van der Waals surface area contributed by atoms with Gasteiger partial charge in [0, 0.05) is 15.7 Å². The van der Waals surface area contributed by atoms with E-state index in [0.29, 0.717) is 0 Å². The van der Waals surface area contributed by atoms with Crippen LogP contribution in [0.2, 0.25) is 5.02 Å². The van der Waals surface area contributed by atoms with Crippen molar-refractivity contribution in [3.05, 3.63) is 28.8 Å². The molecular formula is C15H21ClN2OS. The molecule has 0 saturated carbocycles. The van der Waals surface area contributed by atoms with Crippen molar-refractivity contribution in [1.82, 2.24) is 10.6 Å². The van der Waals surface area contributed by atoms with Crippen LogP contribution in [-0.4, -0.2) is 23.7 Å². The monoisotopic (exact) mass is 312 g/mol. The van der Waals surface area contributed by atoms with Gasteiger partial charge < -0.3 is 10.6 Å². The molecule has 1 aliphatic rings. The van der Waals surface area contributed by atoms with Crippen LogP contribution in [0.4, 0.5) is 0 Å². The normalized spacial score (nSPS) is 18.5. The fourth-order valence-corrected chi connectivity index (χ4v) is 3.66. The summed E-state index contributed by atoms with van der Waals surface area (Å²) in [7, 11) is 0. The van der Waals surface area contributed by atoms with Gasteiger partial charge in [0.15, 0.2) is 0 Å². The molecule has 0 spiro atoms. The van der Waals surface area contributed by atoms with Gasteiger partial charge in [-0.05, 0) is 50.6 Å². The van der Waals surface area contributed by atoms with E-state index in [1.54, 1.807) is 0 Å². The molecule has 1 amide bonds. The van der Waals surface area contributed by atoms with E-state index in [4.69, 9.17) is 11.6 Å². The van der Waals surface area contributed by atoms with Crippen molar-refractivity contribution in [3.63, 3.8) is 0 Å². The lowest BCUT2D eigenvalue weighted by Gasteiger charge is -2.31. The highest BCUT2D eigenvalue weighted by Gasteiger charge is 2.30. The molecule has 1 atom stereocenters. The summed E-state index contributed by atoms with van der Waals surface area (Å²) >= 11 is 7.90. The Morgan fingerprint density at radius 1 is 1.50 bits per heavy atom. The number of halogens is 1. The first-order valence-electron chi connectivity index (χ1n) is 6.92. The van der Waals surface area contributed by atoms with Crippen LogP contribution in [0.5, 0.6) is 0 Å². The smallest absolute Gasteiger partial charge is 0.240 e. The molecule has 0 aromatic heterocycles. The second kappa shape index (κ2) is 6.37. The first-order valence-corrected chi connectivity index (χ1v) is 8.28. The van der Waals surface area contributed by atoms with E-state index in [-0.39, 0.29) is 11.9 Å². The summed E-state index contributed by atoms with van der Waals surface area (Å²) in [6.45, 7) is 6.58. The third kappa shape index (κ3) is 3.48. The lowest BCUT2D eigenvalue weighted by atomic mass is 10.00. The van der Waals surface area contributed by atoms with Crippen molar-refractivity contribution < 1.29 is 4.79 Å². The molecule has 110 valence electrons. The largest absolute Gasteiger partial charge is 0.348 e.